The van der Waals surface area contributed by atoms with Gasteiger partial charge < -0.3 is 15.2 Å². The molecule has 0 aliphatic heterocycles. The van der Waals surface area contributed by atoms with Crippen molar-refractivity contribution < 1.29 is 15.0 Å². The molecule has 6 heteroatoms. The number of nitrogens with zero attached hydrogens (tertiary/aromatic N) is 1. The van der Waals surface area contributed by atoms with Gasteiger partial charge in [0.15, 0.2) is 0 Å². The molecule has 6 nitrogen and oxygen atoms in total. The molecule has 0 spiro atoms. The number of aliphatic hydroxyl groups excluding tert-OH is 1. The van der Waals surface area contributed by atoms with Gasteiger partial charge >= 0.3 is 11.7 Å². The number of imidazole rings is 1. The maximum absolute atomic E-state index is 12.1. The molecule has 0 saturated heterocycles. The average Bonchev–Trinajstić information content (AvgIpc) is 2.75. The number of para-hydroxylation sites is 1. The number of aromatic amines is 1. The van der Waals surface area contributed by atoms with Crippen molar-refractivity contribution in [3.63, 3.8) is 0 Å². The van der Waals surface area contributed by atoms with Crippen molar-refractivity contribution >= 4 is 17.0 Å². The van der Waals surface area contributed by atoms with Gasteiger partial charge in [-0.05, 0) is 37.8 Å². The minimum absolute atomic E-state index is 0.0173. The van der Waals surface area contributed by atoms with Crippen molar-refractivity contribution in [2.45, 2.75) is 37.8 Å². The molecular formula is C14H16N2O4. The minimum Gasteiger partial charge on any atom is -0.478 e. The number of carboxylic acid groups (broad SMARTS) is 1. The second kappa shape index (κ2) is 4.79. The third-order valence-electron chi connectivity index (χ3n) is 4.01. The third-order valence-corrected chi connectivity index (χ3v) is 4.01. The number of benzene rings is 1. The molecule has 3 rings (SSSR count). The number of carboxylic acids is 1. The van der Waals surface area contributed by atoms with E-state index in [2.05, 4.69) is 4.98 Å². The number of nitrogens with one attached hydrogen (secondary N) is 1. The largest absolute Gasteiger partial charge is 0.478 e. The van der Waals surface area contributed by atoms with E-state index in [1.165, 1.54) is 6.07 Å². The first-order valence-corrected chi connectivity index (χ1v) is 6.72. The predicted molar refractivity (Wildman–Crippen MR) is 73.0 cm³/mol. The lowest BCUT2D eigenvalue weighted by Gasteiger charge is -2.26. The van der Waals surface area contributed by atoms with Crippen LogP contribution >= 0.6 is 0 Å². The molecule has 0 amide bonds. The summed E-state index contributed by atoms with van der Waals surface area (Å²) in [5.74, 6) is -1.05. The summed E-state index contributed by atoms with van der Waals surface area (Å²) in [4.78, 5) is 26.0. The summed E-state index contributed by atoms with van der Waals surface area (Å²) in [7, 11) is 0. The molecule has 106 valence electrons. The molecule has 1 saturated carbocycles. The lowest BCUT2D eigenvalue weighted by Crippen LogP contribution is -2.27. The molecular weight excluding hydrogens is 260 g/mol. The average molecular weight is 276 g/mol. The Morgan fingerprint density at radius 3 is 2.60 bits per heavy atom. The van der Waals surface area contributed by atoms with E-state index in [0.717, 1.165) is 12.8 Å². The van der Waals surface area contributed by atoms with Crippen molar-refractivity contribution in [3.05, 3.63) is 34.2 Å². The third kappa shape index (κ3) is 2.02. The molecule has 1 fully saturated rings. The summed E-state index contributed by atoms with van der Waals surface area (Å²) in [6, 6.07) is 4.90. The number of hydrogen-bond acceptors (Lipinski definition) is 3. The number of aliphatic hydroxyl groups is 1. The molecule has 2 aromatic rings. The van der Waals surface area contributed by atoms with Gasteiger partial charge in [0, 0.05) is 6.04 Å². The van der Waals surface area contributed by atoms with Gasteiger partial charge in [0.25, 0.3) is 0 Å². The number of aromatic carboxylic acids is 1. The van der Waals surface area contributed by atoms with E-state index in [1.807, 2.05) is 0 Å². The first-order valence-electron chi connectivity index (χ1n) is 6.72. The number of fused-ring (bicyclic) bond motifs is 1. The number of rotatable bonds is 2. The van der Waals surface area contributed by atoms with Crippen molar-refractivity contribution in [2.24, 2.45) is 0 Å². The van der Waals surface area contributed by atoms with Crippen molar-refractivity contribution in [1.82, 2.24) is 9.55 Å². The maximum Gasteiger partial charge on any atom is 0.337 e. The lowest BCUT2D eigenvalue weighted by atomic mass is 9.93. The normalized spacial score (nSPS) is 23.1. The van der Waals surface area contributed by atoms with E-state index in [1.54, 1.807) is 16.7 Å². The zero-order valence-corrected chi connectivity index (χ0v) is 10.9. The molecule has 1 aliphatic rings. The van der Waals surface area contributed by atoms with Crippen LogP contribution in [-0.4, -0.2) is 31.8 Å². The van der Waals surface area contributed by atoms with Gasteiger partial charge in [0.1, 0.15) is 0 Å². The van der Waals surface area contributed by atoms with E-state index >= 15 is 0 Å². The van der Waals surface area contributed by atoms with Crippen molar-refractivity contribution in [3.8, 4) is 0 Å². The van der Waals surface area contributed by atoms with Crippen LogP contribution in [0.3, 0.4) is 0 Å². The van der Waals surface area contributed by atoms with Gasteiger partial charge in [0.2, 0.25) is 0 Å². The molecule has 1 aromatic heterocycles. The molecule has 0 radical (unpaired) electrons. The fourth-order valence-electron chi connectivity index (χ4n) is 3.01. The van der Waals surface area contributed by atoms with E-state index in [-0.39, 0.29) is 23.4 Å². The predicted octanol–water partition coefficient (Wildman–Crippen LogP) is 1.50. The number of H-pyrrole nitrogens is 1. The highest BCUT2D eigenvalue weighted by Crippen LogP contribution is 2.30. The number of aromatic nitrogens is 2. The van der Waals surface area contributed by atoms with E-state index in [4.69, 9.17) is 5.11 Å². The fourth-order valence-corrected chi connectivity index (χ4v) is 3.01. The van der Waals surface area contributed by atoms with E-state index in [9.17, 15) is 14.7 Å². The van der Waals surface area contributed by atoms with Crippen LogP contribution in [0, 0.1) is 0 Å². The van der Waals surface area contributed by atoms with Crippen molar-refractivity contribution in [1.29, 1.82) is 0 Å². The Kier molecular flexibility index (Phi) is 3.10. The SMILES string of the molecule is O=C(O)c1cccc2c1[nH]c(=O)n2C1CCC(O)CC1. The Bertz CT molecular complexity index is 708. The minimum atomic E-state index is -1.05. The highest BCUT2D eigenvalue weighted by atomic mass is 16.4. The monoisotopic (exact) mass is 276 g/mol. The first-order chi connectivity index (χ1) is 9.58. The highest BCUT2D eigenvalue weighted by molar-refractivity contribution is 6.00. The summed E-state index contributed by atoms with van der Waals surface area (Å²) in [6.07, 6.45) is 2.50. The Hall–Kier alpha value is -2.08. The molecule has 0 bridgehead atoms. The molecule has 1 aromatic carbocycles. The summed E-state index contributed by atoms with van der Waals surface area (Å²) in [6.45, 7) is 0. The smallest absolute Gasteiger partial charge is 0.337 e. The van der Waals surface area contributed by atoms with Crippen LogP contribution in [0.15, 0.2) is 23.0 Å². The molecule has 3 N–H and O–H groups in total. The standard InChI is InChI=1S/C14H16N2O4/c17-9-6-4-8(5-7-9)16-11-3-1-2-10(13(18)19)12(11)15-14(16)20/h1-3,8-9,17H,4-7H2,(H,15,20)(H,18,19). The Labute approximate surface area is 114 Å². The molecule has 1 heterocycles. The Morgan fingerprint density at radius 1 is 1.25 bits per heavy atom. The van der Waals surface area contributed by atoms with Crippen LogP contribution in [0.25, 0.3) is 11.0 Å². The van der Waals surface area contributed by atoms with Gasteiger partial charge in [-0.2, -0.15) is 0 Å². The van der Waals surface area contributed by atoms with Gasteiger partial charge in [-0.15, -0.1) is 0 Å². The second-order valence-corrected chi connectivity index (χ2v) is 5.27. The van der Waals surface area contributed by atoms with Crippen LogP contribution in [0.2, 0.25) is 0 Å². The van der Waals surface area contributed by atoms with Gasteiger partial charge in [-0.3, -0.25) is 4.57 Å². The van der Waals surface area contributed by atoms with Crippen LogP contribution in [0.4, 0.5) is 0 Å². The Balaban J connectivity index is 2.12. The van der Waals surface area contributed by atoms with Gasteiger partial charge in [-0.1, -0.05) is 6.07 Å². The fraction of sp³-hybridized carbons (Fsp3) is 0.429. The van der Waals surface area contributed by atoms with Crippen LogP contribution < -0.4 is 5.69 Å². The lowest BCUT2D eigenvalue weighted by molar-refractivity contribution is 0.0699. The van der Waals surface area contributed by atoms with E-state index in [0.29, 0.717) is 23.9 Å². The zero-order chi connectivity index (χ0) is 14.3. The zero-order valence-electron chi connectivity index (χ0n) is 10.9. The quantitative estimate of drug-likeness (QED) is 0.774. The van der Waals surface area contributed by atoms with Gasteiger partial charge in [0.05, 0.1) is 22.7 Å². The molecule has 1 aliphatic carbocycles. The Morgan fingerprint density at radius 2 is 1.95 bits per heavy atom. The summed E-state index contributed by atoms with van der Waals surface area (Å²) < 4.78 is 1.63. The molecule has 0 atom stereocenters. The number of carbonyl (C=O) groups is 1. The van der Waals surface area contributed by atoms with Crippen LogP contribution in [-0.2, 0) is 0 Å². The number of hydrogen-bond donors (Lipinski definition) is 3. The highest BCUT2D eigenvalue weighted by Gasteiger charge is 2.24. The molecule has 0 unspecified atom stereocenters. The summed E-state index contributed by atoms with van der Waals surface area (Å²) in [5.41, 5.74) is 0.816. The molecule has 20 heavy (non-hydrogen) atoms. The van der Waals surface area contributed by atoms with E-state index < -0.39 is 5.97 Å². The van der Waals surface area contributed by atoms with Gasteiger partial charge in [-0.25, -0.2) is 9.59 Å². The van der Waals surface area contributed by atoms with Crippen LogP contribution in [0.1, 0.15) is 42.1 Å². The second-order valence-electron chi connectivity index (χ2n) is 5.27. The topological polar surface area (TPSA) is 95.3 Å². The first kappa shape index (κ1) is 12.9. The van der Waals surface area contributed by atoms with Crippen molar-refractivity contribution in [2.75, 3.05) is 0 Å². The van der Waals surface area contributed by atoms with Crippen LogP contribution in [0.5, 0.6) is 0 Å². The maximum atomic E-state index is 12.1. The summed E-state index contributed by atoms with van der Waals surface area (Å²) >= 11 is 0. The summed E-state index contributed by atoms with van der Waals surface area (Å²) in [5, 5.41) is 18.7.